The lowest BCUT2D eigenvalue weighted by molar-refractivity contribution is -0.131. The highest BCUT2D eigenvalue weighted by Crippen LogP contribution is 2.52. The molecule has 0 unspecified atom stereocenters. The van der Waals surface area contributed by atoms with Crippen LogP contribution in [0.4, 0.5) is 8.78 Å². The number of aryl methyl sites for hydroxylation is 1. The van der Waals surface area contributed by atoms with Crippen LogP contribution in [0.2, 0.25) is 0 Å². The Morgan fingerprint density at radius 3 is 2.53 bits per heavy atom. The minimum Gasteiger partial charge on any atom is -0.341 e. The van der Waals surface area contributed by atoms with Crippen LogP contribution in [0.3, 0.4) is 0 Å². The van der Waals surface area contributed by atoms with Crippen molar-refractivity contribution in [2.75, 3.05) is 19.3 Å². The van der Waals surface area contributed by atoms with E-state index in [2.05, 4.69) is 4.72 Å². The fraction of sp³-hybridized carbons (Fsp3) is 0.409. The maximum Gasteiger partial charge on any atom is 0.226 e. The van der Waals surface area contributed by atoms with Crippen LogP contribution in [0.15, 0.2) is 36.4 Å². The summed E-state index contributed by atoms with van der Waals surface area (Å²) in [7, 11) is -3.32. The van der Waals surface area contributed by atoms with E-state index in [1.54, 1.807) is 11.0 Å². The minimum absolute atomic E-state index is 0.0293. The second-order valence-electron chi connectivity index (χ2n) is 8.30. The first kappa shape index (κ1) is 20.9. The maximum atomic E-state index is 14.4. The summed E-state index contributed by atoms with van der Waals surface area (Å²) in [6, 6.07) is 9.04. The van der Waals surface area contributed by atoms with Gasteiger partial charge in [-0.2, -0.15) is 0 Å². The summed E-state index contributed by atoms with van der Waals surface area (Å²) in [5, 5.41) is 0. The van der Waals surface area contributed by atoms with E-state index in [0.717, 1.165) is 17.4 Å². The summed E-state index contributed by atoms with van der Waals surface area (Å²) in [5.41, 5.74) is 2.08. The molecule has 0 bridgehead atoms. The zero-order valence-electron chi connectivity index (χ0n) is 16.9. The van der Waals surface area contributed by atoms with E-state index in [9.17, 15) is 22.0 Å². The van der Waals surface area contributed by atoms with Crippen LogP contribution in [0.1, 0.15) is 29.9 Å². The Bertz CT molecular complexity index is 1080. The molecule has 1 aliphatic heterocycles. The lowest BCUT2D eigenvalue weighted by Crippen LogP contribution is -2.38. The predicted molar refractivity (Wildman–Crippen MR) is 110 cm³/mol. The summed E-state index contributed by atoms with van der Waals surface area (Å²) >= 11 is 0. The van der Waals surface area contributed by atoms with Gasteiger partial charge >= 0.3 is 0 Å². The average Bonchev–Trinajstić information content (AvgIpc) is 3.31. The van der Waals surface area contributed by atoms with Gasteiger partial charge in [0.05, 0.1) is 11.8 Å². The van der Waals surface area contributed by atoms with Crippen molar-refractivity contribution in [1.29, 1.82) is 0 Å². The number of halogens is 2. The molecule has 8 heteroatoms. The number of hydrogen-bond acceptors (Lipinski definition) is 3. The van der Waals surface area contributed by atoms with Crippen LogP contribution in [0, 0.1) is 24.5 Å². The molecule has 5 nitrogen and oxygen atoms in total. The molecule has 30 heavy (non-hydrogen) atoms. The number of hydrogen-bond donors (Lipinski definition) is 1. The molecule has 1 saturated carbocycles. The molecule has 1 heterocycles. The molecule has 0 spiro atoms. The minimum atomic E-state index is -3.32. The maximum absolute atomic E-state index is 14.4. The van der Waals surface area contributed by atoms with Crippen molar-refractivity contribution in [3.63, 3.8) is 0 Å². The largest absolute Gasteiger partial charge is 0.341 e. The van der Waals surface area contributed by atoms with Crippen LogP contribution < -0.4 is 4.72 Å². The first-order chi connectivity index (χ1) is 14.1. The van der Waals surface area contributed by atoms with Gasteiger partial charge in [0.25, 0.3) is 0 Å². The molecule has 0 aromatic heterocycles. The third-order valence-electron chi connectivity index (χ3n) is 5.83. The molecule has 3 atom stereocenters. The van der Waals surface area contributed by atoms with Gasteiger partial charge in [0.2, 0.25) is 15.9 Å². The molecule has 2 aromatic rings. The number of sulfonamides is 1. The van der Waals surface area contributed by atoms with E-state index >= 15 is 0 Å². The topological polar surface area (TPSA) is 66.5 Å². The van der Waals surface area contributed by atoms with E-state index in [0.29, 0.717) is 31.5 Å². The monoisotopic (exact) mass is 434 g/mol. The summed E-state index contributed by atoms with van der Waals surface area (Å²) in [6.07, 6.45) is 2.30. The third kappa shape index (κ3) is 4.25. The Kier molecular flexibility index (Phi) is 5.40. The van der Waals surface area contributed by atoms with Crippen molar-refractivity contribution >= 4 is 15.9 Å². The van der Waals surface area contributed by atoms with Crippen LogP contribution in [-0.4, -0.2) is 44.6 Å². The molecular formula is C22H24F2N2O3S. The second kappa shape index (κ2) is 7.74. The number of nitrogens with one attached hydrogen (secondary N) is 1. The van der Waals surface area contributed by atoms with Crippen LogP contribution in [0.25, 0.3) is 11.1 Å². The van der Waals surface area contributed by atoms with Gasteiger partial charge in [0, 0.05) is 25.0 Å². The first-order valence-electron chi connectivity index (χ1n) is 9.95. The van der Waals surface area contributed by atoms with Crippen molar-refractivity contribution in [2.45, 2.75) is 31.7 Å². The van der Waals surface area contributed by atoms with Gasteiger partial charge < -0.3 is 4.90 Å². The molecule has 2 aliphatic rings. The average molecular weight is 435 g/mol. The molecule has 160 valence electrons. The van der Waals surface area contributed by atoms with E-state index in [4.69, 9.17) is 0 Å². The molecule has 1 saturated heterocycles. The third-order valence-corrected chi connectivity index (χ3v) is 6.59. The number of carbonyl (C=O) groups is 1. The van der Waals surface area contributed by atoms with Crippen LogP contribution in [-0.2, 0) is 14.8 Å². The van der Waals surface area contributed by atoms with Gasteiger partial charge in [0.15, 0.2) is 0 Å². The van der Waals surface area contributed by atoms with Crippen LogP contribution in [0.5, 0.6) is 0 Å². The van der Waals surface area contributed by atoms with E-state index in [1.807, 2.05) is 19.1 Å². The Balaban J connectivity index is 1.54. The highest BCUT2D eigenvalue weighted by molar-refractivity contribution is 7.88. The highest BCUT2D eigenvalue weighted by atomic mass is 32.2. The number of rotatable bonds is 5. The standard InChI is InChI=1S/C22H24F2N2O3S/c1-13-6-7-15(17(10-13)21-19(23)4-3-5-20(21)24)16-11-18(16)22(27)26-9-8-14(12-26)25-30(2,28)29/h3-7,10,14,16,18,25H,8-9,11-12H2,1-2H3/t14-,16+,18-/m1/s1. The normalized spacial score (nSPS) is 23.6. The van der Waals surface area contributed by atoms with Crippen molar-refractivity contribution in [3.05, 3.63) is 59.2 Å². The van der Waals surface area contributed by atoms with E-state index < -0.39 is 21.7 Å². The SMILES string of the molecule is Cc1ccc([C@@H]2C[C@H]2C(=O)N2CC[C@@H](NS(C)(=O)=O)C2)c(-c2c(F)cccc2F)c1. The summed E-state index contributed by atoms with van der Waals surface area (Å²) in [4.78, 5) is 14.6. The molecule has 1 amide bonds. The molecule has 2 aromatic carbocycles. The molecule has 2 fully saturated rings. The number of carbonyl (C=O) groups excluding carboxylic acids is 1. The smallest absolute Gasteiger partial charge is 0.226 e. The number of nitrogens with zero attached hydrogens (tertiary/aromatic N) is 1. The van der Waals surface area contributed by atoms with Crippen LogP contribution >= 0.6 is 0 Å². The Morgan fingerprint density at radius 2 is 1.87 bits per heavy atom. The van der Waals surface area contributed by atoms with Crippen molar-refractivity contribution in [3.8, 4) is 11.1 Å². The van der Waals surface area contributed by atoms with Gasteiger partial charge in [0.1, 0.15) is 11.6 Å². The van der Waals surface area contributed by atoms with Gasteiger partial charge in [-0.25, -0.2) is 21.9 Å². The number of benzene rings is 2. The zero-order valence-corrected chi connectivity index (χ0v) is 17.7. The van der Waals surface area contributed by atoms with Crippen molar-refractivity contribution in [2.24, 2.45) is 5.92 Å². The number of amides is 1. The zero-order chi connectivity index (χ0) is 21.6. The van der Waals surface area contributed by atoms with Gasteiger partial charge in [-0.1, -0.05) is 29.8 Å². The summed E-state index contributed by atoms with van der Waals surface area (Å²) in [6.45, 7) is 2.70. The first-order valence-corrected chi connectivity index (χ1v) is 11.8. The Hall–Kier alpha value is -2.32. The van der Waals surface area contributed by atoms with Gasteiger partial charge in [-0.3, -0.25) is 4.79 Å². The summed E-state index contributed by atoms with van der Waals surface area (Å²) in [5.74, 6) is -1.63. The highest BCUT2D eigenvalue weighted by Gasteiger charge is 2.48. The lowest BCUT2D eigenvalue weighted by Gasteiger charge is -2.18. The van der Waals surface area contributed by atoms with Gasteiger partial charge in [-0.05, 0) is 48.9 Å². The number of likely N-dealkylation sites (tertiary alicyclic amines) is 1. The molecule has 4 rings (SSSR count). The predicted octanol–water partition coefficient (Wildman–Crippen LogP) is 3.19. The van der Waals surface area contributed by atoms with Crippen molar-refractivity contribution < 1.29 is 22.0 Å². The fourth-order valence-corrected chi connectivity index (χ4v) is 5.17. The van der Waals surface area contributed by atoms with E-state index in [-0.39, 0.29) is 29.3 Å². The molecule has 1 N–H and O–H groups in total. The lowest BCUT2D eigenvalue weighted by atomic mass is 9.93. The van der Waals surface area contributed by atoms with E-state index in [1.165, 1.54) is 18.2 Å². The quantitative estimate of drug-likeness (QED) is 0.786. The molecule has 1 aliphatic carbocycles. The van der Waals surface area contributed by atoms with Gasteiger partial charge in [-0.15, -0.1) is 0 Å². The molecular weight excluding hydrogens is 410 g/mol. The summed E-state index contributed by atoms with van der Waals surface area (Å²) < 4.78 is 54.3. The van der Waals surface area contributed by atoms with Crippen molar-refractivity contribution in [1.82, 2.24) is 9.62 Å². The second-order valence-corrected chi connectivity index (χ2v) is 10.1. The fourth-order valence-electron chi connectivity index (χ4n) is 4.37. The Labute approximate surface area is 175 Å². The molecule has 0 radical (unpaired) electrons. The Morgan fingerprint density at radius 1 is 1.17 bits per heavy atom.